The number of likely N-dealkylation sites (tertiary alicyclic amines) is 1. The van der Waals surface area contributed by atoms with E-state index < -0.39 is 0 Å². The van der Waals surface area contributed by atoms with Gasteiger partial charge in [0, 0.05) is 43.7 Å². The van der Waals surface area contributed by atoms with Crippen LogP contribution in [0.4, 0.5) is 4.39 Å². The predicted octanol–water partition coefficient (Wildman–Crippen LogP) is 1.43. The second-order valence-electron chi connectivity index (χ2n) is 6.03. The fourth-order valence-electron chi connectivity index (χ4n) is 3.64. The van der Waals surface area contributed by atoms with E-state index in [9.17, 15) is 9.18 Å². The van der Waals surface area contributed by atoms with Crippen molar-refractivity contribution in [3.63, 3.8) is 0 Å². The van der Waals surface area contributed by atoms with Gasteiger partial charge in [-0.05, 0) is 24.8 Å². The molecule has 0 aromatic heterocycles. The standard InChI is InChI=1S/C16H22FN3O/c17-13-4-2-1-3-12(13)15(9-18)20-8-7-14-11(10-20)5-6-16(21)19-14/h1-4,11,14-15H,5-10,18H2,(H,19,21). The van der Waals surface area contributed by atoms with Gasteiger partial charge in [0.1, 0.15) is 5.82 Å². The molecule has 21 heavy (non-hydrogen) atoms. The molecule has 1 aromatic carbocycles. The Kier molecular flexibility index (Phi) is 4.22. The molecule has 1 amide bonds. The summed E-state index contributed by atoms with van der Waals surface area (Å²) in [5.41, 5.74) is 6.60. The van der Waals surface area contributed by atoms with E-state index in [1.807, 2.05) is 12.1 Å². The van der Waals surface area contributed by atoms with E-state index in [1.54, 1.807) is 6.07 Å². The second-order valence-corrected chi connectivity index (χ2v) is 6.03. The van der Waals surface area contributed by atoms with E-state index in [2.05, 4.69) is 10.2 Å². The van der Waals surface area contributed by atoms with E-state index >= 15 is 0 Å². The maximum Gasteiger partial charge on any atom is 0.220 e. The Bertz CT molecular complexity index is 522. The van der Waals surface area contributed by atoms with Gasteiger partial charge >= 0.3 is 0 Å². The Morgan fingerprint density at radius 2 is 2.19 bits per heavy atom. The van der Waals surface area contributed by atoms with Gasteiger partial charge < -0.3 is 11.1 Å². The fraction of sp³-hybridized carbons (Fsp3) is 0.562. The summed E-state index contributed by atoms with van der Waals surface area (Å²) in [4.78, 5) is 13.7. The van der Waals surface area contributed by atoms with Crippen molar-refractivity contribution in [2.75, 3.05) is 19.6 Å². The number of hydrogen-bond acceptors (Lipinski definition) is 3. The van der Waals surface area contributed by atoms with E-state index in [-0.39, 0.29) is 23.8 Å². The number of piperidine rings is 2. The minimum absolute atomic E-state index is 0.0789. The number of nitrogens with two attached hydrogens (primary N) is 1. The van der Waals surface area contributed by atoms with Gasteiger partial charge in [-0.2, -0.15) is 0 Å². The molecule has 1 aromatic rings. The predicted molar refractivity (Wildman–Crippen MR) is 79.0 cm³/mol. The van der Waals surface area contributed by atoms with Crippen LogP contribution < -0.4 is 11.1 Å². The van der Waals surface area contributed by atoms with Gasteiger partial charge in [-0.1, -0.05) is 18.2 Å². The zero-order chi connectivity index (χ0) is 14.8. The quantitative estimate of drug-likeness (QED) is 0.885. The number of benzene rings is 1. The number of fused-ring (bicyclic) bond motifs is 1. The SMILES string of the molecule is NCC(c1ccccc1F)N1CCC2NC(=O)CCC2C1. The lowest BCUT2D eigenvalue weighted by molar-refractivity contribution is -0.125. The van der Waals surface area contributed by atoms with Crippen LogP contribution in [-0.2, 0) is 4.79 Å². The van der Waals surface area contributed by atoms with Crippen LogP contribution in [0.25, 0.3) is 0 Å². The third kappa shape index (κ3) is 2.94. The van der Waals surface area contributed by atoms with Gasteiger partial charge in [0.25, 0.3) is 0 Å². The molecule has 4 nitrogen and oxygen atoms in total. The maximum absolute atomic E-state index is 14.0. The zero-order valence-corrected chi connectivity index (χ0v) is 12.1. The van der Waals surface area contributed by atoms with Gasteiger partial charge in [0.05, 0.1) is 0 Å². The molecule has 3 atom stereocenters. The Morgan fingerprint density at radius 3 is 2.95 bits per heavy atom. The molecular weight excluding hydrogens is 269 g/mol. The van der Waals surface area contributed by atoms with Crippen LogP contribution in [0.3, 0.4) is 0 Å². The maximum atomic E-state index is 14.0. The topological polar surface area (TPSA) is 58.4 Å². The summed E-state index contributed by atoms with van der Waals surface area (Å²) in [6.07, 6.45) is 2.44. The molecule has 2 fully saturated rings. The third-order valence-electron chi connectivity index (χ3n) is 4.78. The van der Waals surface area contributed by atoms with Gasteiger partial charge in [-0.15, -0.1) is 0 Å². The highest BCUT2D eigenvalue weighted by Gasteiger charge is 2.36. The first kappa shape index (κ1) is 14.5. The monoisotopic (exact) mass is 291 g/mol. The highest BCUT2D eigenvalue weighted by atomic mass is 19.1. The first-order valence-electron chi connectivity index (χ1n) is 7.67. The molecule has 0 spiro atoms. The summed E-state index contributed by atoms with van der Waals surface area (Å²) in [7, 11) is 0. The molecule has 2 heterocycles. The normalized spacial score (nSPS) is 27.8. The van der Waals surface area contributed by atoms with Crippen molar-refractivity contribution in [3.8, 4) is 0 Å². The molecular formula is C16H22FN3O. The second kappa shape index (κ2) is 6.12. The van der Waals surface area contributed by atoms with Crippen molar-refractivity contribution in [3.05, 3.63) is 35.6 Å². The molecule has 0 saturated carbocycles. The van der Waals surface area contributed by atoms with Crippen LogP contribution in [0.5, 0.6) is 0 Å². The molecule has 5 heteroatoms. The minimum Gasteiger partial charge on any atom is -0.353 e. The molecule has 0 aliphatic carbocycles. The van der Waals surface area contributed by atoms with Crippen LogP contribution in [0, 0.1) is 11.7 Å². The lowest BCUT2D eigenvalue weighted by Gasteiger charge is -2.44. The van der Waals surface area contributed by atoms with E-state index in [1.165, 1.54) is 6.07 Å². The molecule has 3 unspecified atom stereocenters. The van der Waals surface area contributed by atoms with Gasteiger partial charge in [-0.25, -0.2) is 4.39 Å². The van der Waals surface area contributed by atoms with Crippen LogP contribution in [0.1, 0.15) is 30.9 Å². The molecule has 2 aliphatic rings. The highest BCUT2D eigenvalue weighted by Crippen LogP contribution is 2.31. The van der Waals surface area contributed by atoms with Crippen LogP contribution in [0.15, 0.2) is 24.3 Å². The Balaban J connectivity index is 1.74. The fourth-order valence-corrected chi connectivity index (χ4v) is 3.64. The molecule has 3 rings (SSSR count). The van der Waals surface area contributed by atoms with Gasteiger partial charge in [-0.3, -0.25) is 9.69 Å². The van der Waals surface area contributed by atoms with Gasteiger partial charge in [0.2, 0.25) is 5.91 Å². The Hall–Kier alpha value is -1.46. The largest absolute Gasteiger partial charge is 0.353 e. The zero-order valence-electron chi connectivity index (χ0n) is 12.1. The van der Waals surface area contributed by atoms with Crippen LogP contribution >= 0.6 is 0 Å². The van der Waals surface area contributed by atoms with Crippen molar-refractivity contribution in [2.24, 2.45) is 11.7 Å². The summed E-state index contributed by atoms with van der Waals surface area (Å²) in [5, 5.41) is 3.08. The van der Waals surface area contributed by atoms with E-state index in [4.69, 9.17) is 5.73 Å². The molecule has 2 saturated heterocycles. The molecule has 2 aliphatic heterocycles. The summed E-state index contributed by atoms with van der Waals surface area (Å²) in [5.74, 6) is 0.429. The van der Waals surface area contributed by atoms with Crippen molar-refractivity contribution in [2.45, 2.75) is 31.3 Å². The van der Waals surface area contributed by atoms with Gasteiger partial charge in [0.15, 0.2) is 0 Å². The average Bonchev–Trinajstić information content (AvgIpc) is 2.50. The summed E-state index contributed by atoms with van der Waals surface area (Å²) in [6.45, 7) is 2.13. The van der Waals surface area contributed by atoms with E-state index in [0.29, 0.717) is 24.4 Å². The number of nitrogens with one attached hydrogen (secondary N) is 1. The number of nitrogens with zero attached hydrogens (tertiary/aromatic N) is 1. The number of rotatable bonds is 3. The average molecular weight is 291 g/mol. The number of hydrogen-bond donors (Lipinski definition) is 2. The molecule has 0 bridgehead atoms. The Labute approximate surface area is 124 Å². The molecule has 114 valence electrons. The summed E-state index contributed by atoms with van der Waals surface area (Å²) < 4.78 is 14.0. The first-order valence-corrected chi connectivity index (χ1v) is 7.67. The minimum atomic E-state index is -0.188. The van der Waals surface area contributed by atoms with E-state index in [0.717, 1.165) is 25.9 Å². The number of carbonyl (C=O) groups excluding carboxylic acids is 1. The highest BCUT2D eigenvalue weighted by molar-refractivity contribution is 5.77. The number of halogens is 1. The van der Waals surface area contributed by atoms with Crippen molar-refractivity contribution in [1.29, 1.82) is 0 Å². The lowest BCUT2D eigenvalue weighted by Crippen LogP contribution is -2.55. The third-order valence-corrected chi connectivity index (χ3v) is 4.78. The summed E-state index contributed by atoms with van der Waals surface area (Å²) in [6, 6.07) is 7.07. The van der Waals surface area contributed by atoms with Crippen LogP contribution in [0.2, 0.25) is 0 Å². The Morgan fingerprint density at radius 1 is 1.38 bits per heavy atom. The molecule has 0 radical (unpaired) electrons. The van der Waals surface area contributed by atoms with Crippen molar-refractivity contribution < 1.29 is 9.18 Å². The summed E-state index contributed by atoms with van der Waals surface area (Å²) >= 11 is 0. The first-order chi connectivity index (χ1) is 10.2. The number of amides is 1. The smallest absolute Gasteiger partial charge is 0.220 e. The van der Waals surface area contributed by atoms with Crippen molar-refractivity contribution >= 4 is 5.91 Å². The van der Waals surface area contributed by atoms with Crippen LogP contribution in [-0.4, -0.2) is 36.5 Å². The molecule has 3 N–H and O–H groups in total. The lowest BCUT2D eigenvalue weighted by atomic mass is 9.84. The van der Waals surface area contributed by atoms with Crippen molar-refractivity contribution in [1.82, 2.24) is 10.2 Å². The number of carbonyl (C=O) groups is 1.